The minimum Gasteiger partial charge on any atom is -0.454 e. The first-order valence-corrected chi connectivity index (χ1v) is 7.42. The molecule has 3 N–H and O–H groups in total. The number of benzene rings is 2. The molecule has 0 amide bonds. The van der Waals surface area contributed by atoms with Crippen molar-refractivity contribution >= 4 is 37.7 Å². The van der Waals surface area contributed by atoms with Crippen LogP contribution >= 0.6 is 31.9 Å². The Bertz CT molecular complexity index is 720. The third-order valence-electron chi connectivity index (χ3n) is 2.79. The number of aryl methyl sites for hydroxylation is 1. The standard InChI is InChI=1S/C14H11Br2FN2O2/c1-7-6-8(15)2-4-10(7)21-11-5-3-9(14(18)19-20)12(16)13(11)17/h2-6,20H,1H3,(H2,18,19). The molecule has 0 radical (unpaired) electrons. The fourth-order valence-electron chi connectivity index (χ4n) is 1.71. The number of hydrogen-bond donors (Lipinski definition) is 2. The molecule has 2 aromatic carbocycles. The summed E-state index contributed by atoms with van der Waals surface area (Å²) in [6.07, 6.45) is 0. The second-order valence-electron chi connectivity index (χ2n) is 4.24. The molecule has 0 saturated heterocycles. The molecule has 7 heteroatoms. The molecule has 0 spiro atoms. The Balaban J connectivity index is 2.40. The van der Waals surface area contributed by atoms with E-state index in [0.717, 1.165) is 10.0 Å². The highest BCUT2D eigenvalue weighted by atomic mass is 79.9. The lowest BCUT2D eigenvalue weighted by molar-refractivity contribution is 0.318. The summed E-state index contributed by atoms with van der Waals surface area (Å²) in [6, 6.07) is 8.35. The van der Waals surface area contributed by atoms with Gasteiger partial charge in [0, 0.05) is 10.0 Å². The van der Waals surface area contributed by atoms with Crippen molar-refractivity contribution in [1.82, 2.24) is 0 Å². The number of amidine groups is 1. The van der Waals surface area contributed by atoms with Crippen LogP contribution in [0, 0.1) is 12.7 Å². The van der Waals surface area contributed by atoms with Gasteiger partial charge in [0.25, 0.3) is 0 Å². The van der Waals surface area contributed by atoms with Crippen molar-refractivity contribution in [3.8, 4) is 11.5 Å². The molecule has 21 heavy (non-hydrogen) atoms. The van der Waals surface area contributed by atoms with E-state index < -0.39 is 5.82 Å². The van der Waals surface area contributed by atoms with Crippen molar-refractivity contribution in [3.63, 3.8) is 0 Å². The molecule has 4 nitrogen and oxygen atoms in total. The van der Waals surface area contributed by atoms with Crippen molar-refractivity contribution in [3.05, 3.63) is 56.2 Å². The van der Waals surface area contributed by atoms with E-state index in [1.54, 1.807) is 12.1 Å². The molecule has 110 valence electrons. The van der Waals surface area contributed by atoms with E-state index in [1.165, 1.54) is 12.1 Å². The van der Waals surface area contributed by atoms with Gasteiger partial charge < -0.3 is 15.7 Å². The third-order valence-corrected chi connectivity index (χ3v) is 4.06. The van der Waals surface area contributed by atoms with E-state index >= 15 is 0 Å². The van der Waals surface area contributed by atoms with E-state index in [0.29, 0.717) is 5.75 Å². The van der Waals surface area contributed by atoms with Crippen molar-refractivity contribution in [1.29, 1.82) is 0 Å². The van der Waals surface area contributed by atoms with Crippen molar-refractivity contribution in [2.24, 2.45) is 10.9 Å². The number of nitrogens with zero attached hydrogens (tertiary/aromatic N) is 1. The molecule has 0 atom stereocenters. The lowest BCUT2D eigenvalue weighted by atomic mass is 10.2. The van der Waals surface area contributed by atoms with Crippen LogP contribution in [0.15, 0.2) is 44.4 Å². The maximum absolute atomic E-state index is 14.3. The fourth-order valence-corrected chi connectivity index (χ4v) is 2.71. The van der Waals surface area contributed by atoms with Crippen LogP contribution in [0.4, 0.5) is 4.39 Å². The summed E-state index contributed by atoms with van der Waals surface area (Å²) < 4.78 is 20.8. The SMILES string of the molecule is Cc1cc(Br)ccc1Oc1ccc(/C(N)=N/O)c(Br)c1F. The summed E-state index contributed by atoms with van der Waals surface area (Å²) in [4.78, 5) is 0. The van der Waals surface area contributed by atoms with Gasteiger partial charge in [-0.15, -0.1) is 0 Å². The van der Waals surface area contributed by atoms with Crippen molar-refractivity contribution in [2.75, 3.05) is 0 Å². The van der Waals surface area contributed by atoms with Crippen LogP contribution < -0.4 is 10.5 Å². The zero-order chi connectivity index (χ0) is 15.6. The lowest BCUT2D eigenvalue weighted by Crippen LogP contribution is -2.14. The molecule has 0 unspecified atom stereocenters. The minimum absolute atomic E-state index is 0.0433. The molecule has 2 rings (SSSR count). The van der Waals surface area contributed by atoms with Gasteiger partial charge in [0.1, 0.15) is 5.75 Å². The predicted octanol–water partition coefficient (Wildman–Crippen LogP) is 4.55. The molecule has 0 aromatic heterocycles. The van der Waals surface area contributed by atoms with Crippen molar-refractivity contribution in [2.45, 2.75) is 6.92 Å². The summed E-state index contributed by atoms with van der Waals surface area (Å²) in [5.74, 6) is -0.226. The zero-order valence-electron chi connectivity index (χ0n) is 10.9. The van der Waals surface area contributed by atoms with E-state index in [-0.39, 0.29) is 21.6 Å². The van der Waals surface area contributed by atoms with Gasteiger partial charge in [-0.25, -0.2) is 4.39 Å². The van der Waals surface area contributed by atoms with Crippen LogP contribution in [0.3, 0.4) is 0 Å². The van der Waals surface area contributed by atoms with Crippen LogP contribution in [0.25, 0.3) is 0 Å². The summed E-state index contributed by atoms with van der Waals surface area (Å²) in [5, 5.41) is 11.5. The molecule has 0 aliphatic heterocycles. The van der Waals surface area contributed by atoms with Crippen LogP contribution in [-0.2, 0) is 0 Å². The molecule has 0 bridgehead atoms. The average Bonchev–Trinajstić information content (AvgIpc) is 2.46. The lowest BCUT2D eigenvalue weighted by Gasteiger charge is -2.12. The third kappa shape index (κ3) is 3.36. The number of hydrogen-bond acceptors (Lipinski definition) is 3. The van der Waals surface area contributed by atoms with Gasteiger partial charge in [-0.2, -0.15) is 0 Å². The van der Waals surface area contributed by atoms with Gasteiger partial charge in [-0.3, -0.25) is 0 Å². The number of nitrogens with two attached hydrogens (primary N) is 1. The first-order valence-electron chi connectivity index (χ1n) is 5.84. The molecule has 0 heterocycles. The molecule has 0 aliphatic rings. The Morgan fingerprint density at radius 1 is 1.24 bits per heavy atom. The van der Waals surface area contributed by atoms with E-state index in [9.17, 15) is 4.39 Å². The number of oxime groups is 1. The summed E-state index contributed by atoms with van der Waals surface area (Å²) >= 11 is 6.43. The monoisotopic (exact) mass is 416 g/mol. The highest BCUT2D eigenvalue weighted by molar-refractivity contribution is 9.10. The average molecular weight is 418 g/mol. The van der Waals surface area contributed by atoms with Crippen molar-refractivity contribution < 1.29 is 14.3 Å². The zero-order valence-corrected chi connectivity index (χ0v) is 14.1. The second-order valence-corrected chi connectivity index (χ2v) is 5.95. The molecule has 0 aliphatic carbocycles. The van der Waals surface area contributed by atoms with E-state index in [2.05, 4.69) is 37.0 Å². The van der Waals surface area contributed by atoms with Gasteiger partial charge in [-0.05, 0) is 58.7 Å². The van der Waals surface area contributed by atoms with E-state index in [4.69, 9.17) is 15.7 Å². The maximum atomic E-state index is 14.3. The molecule has 2 aromatic rings. The molecule has 0 saturated carbocycles. The fraction of sp³-hybridized carbons (Fsp3) is 0.0714. The largest absolute Gasteiger partial charge is 0.454 e. The molecular formula is C14H11Br2FN2O2. The molecular weight excluding hydrogens is 407 g/mol. The Morgan fingerprint density at radius 3 is 2.52 bits per heavy atom. The smallest absolute Gasteiger partial charge is 0.180 e. The Morgan fingerprint density at radius 2 is 1.90 bits per heavy atom. The normalized spacial score (nSPS) is 11.5. The first kappa shape index (κ1) is 15.8. The Kier molecular flexibility index (Phi) is 4.84. The number of ether oxygens (including phenoxy) is 1. The first-order chi connectivity index (χ1) is 9.93. The molecule has 0 fully saturated rings. The Labute approximate surface area is 137 Å². The van der Waals surface area contributed by atoms with Gasteiger partial charge in [0.05, 0.1) is 4.47 Å². The number of halogens is 3. The van der Waals surface area contributed by atoms with E-state index in [1.807, 2.05) is 13.0 Å². The quantitative estimate of drug-likeness (QED) is 0.333. The minimum atomic E-state index is -0.624. The maximum Gasteiger partial charge on any atom is 0.180 e. The predicted molar refractivity (Wildman–Crippen MR) is 85.6 cm³/mol. The summed E-state index contributed by atoms with van der Waals surface area (Å²) in [7, 11) is 0. The van der Waals surface area contributed by atoms with Crippen LogP contribution in [0.1, 0.15) is 11.1 Å². The Hall–Kier alpha value is -1.60. The van der Waals surface area contributed by atoms with Crippen LogP contribution in [0.2, 0.25) is 0 Å². The summed E-state index contributed by atoms with van der Waals surface area (Å²) in [5.41, 5.74) is 6.57. The van der Waals surface area contributed by atoms with Gasteiger partial charge in [-0.1, -0.05) is 21.1 Å². The van der Waals surface area contributed by atoms with Gasteiger partial charge in [0.15, 0.2) is 17.4 Å². The second kappa shape index (κ2) is 6.44. The van der Waals surface area contributed by atoms with Crippen LogP contribution in [0.5, 0.6) is 11.5 Å². The highest BCUT2D eigenvalue weighted by Crippen LogP contribution is 2.33. The highest BCUT2D eigenvalue weighted by Gasteiger charge is 2.16. The van der Waals surface area contributed by atoms with Gasteiger partial charge >= 0.3 is 0 Å². The van der Waals surface area contributed by atoms with Gasteiger partial charge in [0.2, 0.25) is 0 Å². The number of rotatable bonds is 3. The summed E-state index contributed by atoms with van der Waals surface area (Å²) in [6.45, 7) is 1.86. The van der Waals surface area contributed by atoms with Crippen LogP contribution in [-0.4, -0.2) is 11.0 Å². The topological polar surface area (TPSA) is 67.8 Å².